The molecule has 1 aromatic heterocycles. The molecular formula is C19H19N5O. The number of aromatic amines is 1. The van der Waals surface area contributed by atoms with Gasteiger partial charge in [-0.25, -0.2) is 0 Å². The number of carbonyl (C=O) groups is 1. The summed E-state index contributed by atoms with van der Waals surface area (Å²) in [5, 5.41) is 16.9. The fourth-order valence-electron chi connectivity index (χ4n) is 3.00. The van der Waals surface area contributed by atoms with Gasteiger partial charge >= 0.3 is 0 Å². The SMILES string of the molecule is CC1(c2ccccc2C(=O)NCc2ccc(-c3nn[nH]n3)cc2)CC1. The first kappa shape index (κ1) is 15.5. The molecule has 1 amide bonds. The zero-order chi connectivity index (χ0) is 17.3. The number of nitrogens with one attached hydrogen (secondary N) is 2. The van der Waals surface area contributed by atoms with Crippen LogP contribution in [0.1, 0.15) is 41.3 Å². The Kier molecular flexibility index (Phi) is 3.80. The summed E-state index contributed by atoms with van der Waals surface area (Å²) in [6.45, 7) is 2.70. The number of amides is 1. The highest BCUT2D eigenvalue weighted by molar-refractivity contribution is 5.96. The molecule has 6 heteroatoms. The average Bonchev–Trinajstić information content (AvgIpc) is 3.18. The average molecular weight is 333 g/mol. The van der Waals surface area contributed by atoms with Crippen LogP contribution in [-0.4, -0.2) is 26.5 Å². The summed E-state index contributed by atoms with van der Waals surface area (Å²) < 4.78 is 0. The molecule has 0 spiro atoms. The summed E-state index contributed by atoms with van der Waals surface area (Å²) in [6.07, 6.45) is 2.30. The number of tetrazole rings is 1. The lowest BCUT2D eigenvalue weighted by atomic mass is 9.93. The lowest BCUT2D eigenvalue weighted by Gasteiger charge is -2.15. The summed E-state index contributed by atoms with van der Waals surface area (Å²) in [6, 6.07) is 15.7. The Bertz CT molecular complexity index is 882. The van der Waals surface area contributed by atoms with Crippen molar-refractivity contribution in [3.8, 4) is 11.4 Å². The number of carbonyl (C=O) groups excluding carboxylic acids is 1. The molecule has 0 unspecified atom stereocenters. The standard InChI is InChI=1S/C19H19N5O/c1-19(10-11-19)16-5-3-2-4-15(16)18(25)20-12-13-6-8-14(9-7-13)17-21-23-24-22-17/h2-9H,10-12H2,1H3,(H,20,25)(H,21,22,23,24). The van der Waals surface area contributed by atoms with Crippen LogP contribution in [0.5, 0.6) is 0 Å². The fourth-order valence-corrected chi connectivity index (χ4v) is 3.00. The third kappa shape index (κ3) is 3.15. The molecule has 4 rings (SSSR count). The van der Waals surface area contributed by atoms with Crippen LogP contribution in [0.25, 0.3) is 11.4 Å². The van der Waals surface area contributed by atoms with Crippen molar-refractivity contribution >= 4 is 5.91 Å². The van der Waals surface area contributed by atoms with Gasteiger partial charge in [0.15, 0.2) is 0 Å². The van der Waals surface area contributed by atoms with E-state index in [1.54, 1.807) is 0 Å². The second kappa shape index (κ2) is 6.12. The molecule has 2 aromatic carbocycles. The van der Waals surface area contributed by atoms with E-state index < -0.39 is 0 Å². The van der Waals surface area contributed by atoms with Crippen molar-refractivity contribution in [3.63, 3.8) is 0 Å². The van der Waals surface area contributed by atoms with E-state index in [0.29, 0.717) is 12.4 Å². The zero-order valence-corrected chi connectivity index (χ0v) is 14.0. The van der Waals surface area contributed by atoms with Gasteiger partial charge in [-0.1, -0.05) is 49.4 Å². The first-order valence-electron chi connectivity index (χ1n) is 8.36. The Hall–Kier alpha value is -3.02. The van der Waals surface area contributed by atoms with Crippen LogP contribution >= 0.6 is 0 Å². The molecule has 1 fully saturated rings. The number of benzene rings is 2. The van der Waals surface area contributed by atoms with Gasteiger partial charge in [-0.2, -0.15) is 5.21 Å². The van der Waals surface area contributed by atoms with Crippen molar-refractivity contribution < 1.29 is 4.79 Å². The molecule has 1 aliphatic carbocycles. The van der Waals surface area contributed by atoms with Gasteiger partial charge in [0.05, 0.1) is 0 Å². The summed E-state index contributed by atoms with van der Waals surface area (Å²) in [4.78, 5) is 12.6. The van der Waals surface area contributed by atoms with Crippen molar-refractivity contribution in [1.82, 2.24) is 25.9 Å². The van der Waals surface area contributed by atoms with Crippen LogP contribution in [0.4, 0.5) is 0 Å². The predicted molar refractivity (Wildman–Crippen MR) is 93.8 cm³/mol. The van der Waals surface area contributed by atoms with Crippen LogP contribution in [0.3, 0.4) is 0 Å². The number of aromatic nitrogens is 4. The molecule has 0 radical (unpaired) electrons. The summed E-state index contributed by atoms with van der Waals surface area (Å²) in [7, 11) is 0. The van der Waals surface area contributed by atoms with Gasteiger partial charge in [-0.05, 0) is 40.7 Å². The summed E-state index contributed by atoms with van der Waals surface area (Å²) in [5.74, 6) is 0.535. The molecule has 2 N–H and O–H groups in total. The molecule has 0 aliphatic heterocycles. The van der Waals surface area contributed by atoms with Crippen LogP contribution < -0.4 is 5.32 Å². The van der Waals surface area contributed by atoms with Gasteiger partial charge in [0.2, 0.25) is 5.82 Å². The fraction of sp³-hybridized carbons (Fsp3) is 0.263. The second-order valence-electron chi connectivity index (χ2n) is 6.72. The molecule has 1 saturated carbocycles. The number of rotatable bonds is 5. The molecule has 1 heterocycles. The summed E-state index contributed by atoms with van der Waals surface area (Å²) in [5.41, 5.74) is 4.01. The maximum absolute atomic E-state index is 12.6. The van der Waals surface area contributed by atoms with Crippen LogP contribution in [0.2, 0.25) is 0 Å². The van der Waals surface area contributed by atoms with E-state index in [1.165, 1.54) is 0 Å². The normalized spacial score (nSPS) is 14.9. The number of nitrogens with zero attached hydrogens (tertiary/aromatic N) is 3. The van der Waals surface area contributed by atoms with Gasteiger partial charge < -0.3 is 5.32 Å². The molecule has 0 atom stereocenters. The lowest BCUT2D eigenvalue weighted by Crippen LogP contribution is -2.25. The van der Waals surface area contributed by atoms with Gasteiger partial charge in [0.1, 0.15) is 0 Å². The Labute approximate surface area is 145 Å². The van der Waals surface area contributed by atoms with E-state index >= 15 is 0 Å². The van der Waals surface area contributed by atoms with Crippen molar-refractivity contribution in [2.45, 2.75) is 31.7 Å². The first-order valence-corrected chi connectivity index (χ1v) is 8.36. The molecule has 0 bridgehead atoms. The first-order chi connectivity index (χ1) is 12.2. The zero-order valence-electron chi connectivity index (χ0n) is 14.0. The van der Waals surface area contributed by atoms with Crippen LogP contribution in [0.15, 0.2) is 48.5 Å². The van der Waals surface area contributed by atoms with Gasteiger partial charge in [-0.3, -0.25) is 4.79 Å². The highest BCUT2D eigenvalue weighted by Gasteiger charge is 2.41. The highest BCUT2D eigenvalue weighted by atomic mass is 16.1. The smallest absolute Gasteiger partial charge is 0.251 e. The number of H-pyrrole nitrogens is 1. The van der Waals surface area contributed by atoms with E-state index in [2.05, 4.69) is 38.9 Å². The number of hydrogen-bond acceptors (Lipinski definition) is 4. The molecular weight excluding hydrogens is 314 g/mol. The molecule has 3 aromatic rings. The molecule has 6 nitrogen and oxygen atoms in total. The topological polar surface area (TPSA) is 83.6 Å². The summed E-state index contributed by atoms with van der Waals surface area (Å²) >= 11 is 0. The van der Waals surface area contributed by atoms with Gasteiger partial charge in [-0.15, -0.1) is 10.2 Å². The van der Waals surface area contributed by atoms with Crippen LogP contribution in [0, 0.1) is 0 Å². The Balaban J connectivity index is 1.44. The van der Waals surface area contributed by atoms with Crippen molar-refractivity contribution in [2.24, 2.45) is 0 Å². The Morgan fingerprint density at radius 2 is 1.92 bits per heavy atom. The van der Waals surface area contributed by atoms with E-state index in [-0.39, 0.29) is 11.3 Å². The Morgan fingerprint density at radius 3 is 2.60 bits per heavy atom. The van der Waals surface area contributed by atoms with Crippen molar-refractivity contribution in [3.05, 3.63) is 65.2 Å². The van der Waals surface area contributed by atoms with E-state index in [0.717, 1.165) is 35.1 Å². The molecule has 0 saturated heterocycles. The van der Waals surface area contributed by atoms with Crippen molar-refractivity contribution in [2.75, 3.05) is 0 Å². The highest BCUT2D eigenvalue weighted by Crippen LogP contribution is 2.48. The number of hydrogen-bond donors (Lipinski definition) is 2. The lowest BCUT2D eigenvalue weighted by molar-refractivity contribution is 0.0949. The monoisotopic (exact) mass is 333 g/mol. The van der Waals surface area contributed by atoms with E-state index in [1.807, 2.05) is 42.5 Å². The quantitative estimate of drug-likeness (QED) is 0.752. The third-order valence-electron chi connectivity index (χ3n) is 4.83. The molecule has 126 valence electrons. The molecule has 25 heavy (non-hydrogen) atoms. The predicted octanol–water partition coefficient (Wildman–Crippen LogP) is 2.85. The van der Waals surface area contributed by atoms with E-state index in [4.69, 9.17) is 0 Å². The minimum Gasteiger partial charge on any atom is -0.348 e. The largest absolute Gasteiger partial charge is 0.348 e. The minimum absolute atomic E-state index is 0.0223. The maximum Gasteiger partial charge on any atom is 0.251 e. The van der Waals surface area contributed by atoms with Gasteiger partial charge in [0.25, 0.3) is 5.91 Å². The maximum atomic E-state index is 12.6. The Morgan fingerprint density at radius 1 is 1.16 bits per heavy atom. The van der Waals surface area contributed by atoms with Gasteiger partial charge in [0, 0.05) is 17.7 Å². The van der Waals surface area contributed by atoms with Crippen molar-refractivity contribution in [1.29, 1.82) is 0 Å². The molecule has 1 aliphatic rings. The van der Waals surface area contributed by atoms with Crippen LogP contribution in [-0.2, 0) is 12.0 Å². The van der Waals surface area contributed by atoms with E-state index in [9.17, 15) is 4.79 Å². The second-order valence-corrected chi connectivity index (χ2v) is 6.72. The third-order valence-corrected chi connectivity index (χ3v) is 4.83. The minimum atomic E-state index is -0.0223.